The molecule has 0 aliphatic heterocycles. The summed E-state index contributed by atoms with van der Waals surface area (Å²) in [7, 11) is 1.59. The summed E-state index contributed by atoms with van der Waals surface area (Å²) in [6.45, 7) is -0.0777. The maximum atomic E-state index is 12.0. The zero-order chi connectivity index (χ0) is 14.5. The number of carbonyl (C=O) groups excluding carboxylic acids is 1. The Hall–Kier alpha value is -2.45. The van der Waals surface area contributed by atoms with E-state index < -0.39 is 5.97 Å². The second kappa shape index (κ2) is 6.13. The molecule has 0 radical (unpaired) electrons. The number of nitrogens with two attached hydrogens (primary N) is 1. The summed E-state index contributed by atoms with van der Waals surface area (Å²) >= 11 is 1.29. The van der Waals surface area contributed by atoms with Crippen LogP contribution in [0.4, 0.5) is 5.00 Å². The Balaban J connectivity index is 2.42. The van der Waals surface area contributed by atoms with Gasteiger partial charge in [0.15, 0.2) is 6.61 Å². The van der Waals surface area contributed by atoms with Crippen molar-refractivity contribution in [3.63, 3.8) is 0 Å². The van der Waals surface area contributed by atoms with E-state index in [9.17, 15) is 4.79 Å². The zero-order valence-corrected chi connectivity index (χ0v) is 11.7. The lowest BCUT2D eigenvalue weighted by atomic mass is 10.0. The molecule has 0 unspecified atom stereocenters. The highest BCUT2D eigenvalue weighted by molar-refractivity contribution is 7.14. The Morgan fingerprint density at radius 3 is 3.00 bits per heavy atom. The highest BCUT2D eigenvalue weighted by Gasteiger charge is 2.20. The molecule has 0 fully saturated rings. The van der Waals surface area contributed by atoms with Gasteiger partial charge in [-0.2, -0.15) is 0 Å². The van der Waals surface area contributed by atoms with Gasteiger partial charge in [0.25, 0.3) is 0 Å². The van der Waals surface area contributed by atoms with Crippen LogP contribution in [0, 0.1) is 12.3 Å². The van der Waals surface area contributed by atoms with Crippen molar-refractivity contribution in [3.8, 4) is 29.2 Å². The van der Waals surface area contributed by atoms with Crippen LogP contribution in [0.25, 0.3) is 11.1 Å². The smallest absolute Gasteiger partial charge is 0.342 e. The monoisotopic (exact) mass is 287 g/mol. The van der Waals surface area contributed by atoms with Crippen LogP contribution in [0.3, 0.4) is 0 Å². The molecule has 4 nitrogen and oxygen atoms in total. The fourth-order valence-corrected chi connectivity index (χ4v) is 2.58. The van der Waals surface area contributed by atoms with Gasteiger partial charge in [0.1, 0.15) is 16.3 Å². The zero-order valence-electron chi connectivity index (χ0n) is 10.9. The molecule has 102 valence electrons. The van der Waals surface area contributed by atoms with E-state index in [0.29, 0.717) is 21.9 Å². The second-order valence-electron chi connectivity index (χ2n) is 3.90. The van der Waals surface area contributed by atoms with Crippen molar-refractivity contribution < 1.29 is 14.3 Å². The summed E-state index contributed by atoms with van der Waals surface area (Å²) in [5.41, 5.74) is 7.76. The van der Waals surface area contributed by atoms with Crippen molar-refractivity contribution in [3.05, 3.63) is 35.2 Å². The van der Waals surface area contributed by atoms with Gasteiger partial charge in [0, 0.05) is 10.9 Å². The SMILES string of the molecule is C#CCOC(=O)c1c(-c2cccc(OC)c2)csc1N. The largest absolute Gasteiger partial charge is 0.497 e. The fourth-order valence-electron chi connectivity index (χ4n) is 1.77. The van der Waals surface area contributed by atoms with Gasteiger partial charge in [-0.25, -0.2) is 4.79 Å². The van der Waals surface area contributed by atoms with Crippen molar-refractivity contribution in [2.45, 2.75) is 0 Å². The summed E-state index contributed by atoms with van der Waals surface area (Å²) in [6.07, 6.45) is 5.08. The Kier molecular flexibility index (Phi) is 4.28. The summed E-state index contributed by atoms with van der Waals surface area (Å²) in [4.78, 5) is 12.0. The fraction of sp³-hybridized carbons (Fsp3) is 0.133. The third-order valence-electron chi connectivity index (χ3n) is 2.69. The molecule has 0 atom stereocenters. The predicted molar refractivity (Wildman–Crippen MR) is 79.8 cm³/mol. The number of rotatable bonds is 4. The van der Waals surface area contributed by atoms with E-state index in [2.05, 4.69) is 5.92 Å². The van der Waals surface area contributed by atoms with Crippen molar-refractivity contribution in [1.29, 1.82) is 0 Å². The molecule has 1 heterocycles. The van der Waals surface area contributed by atoms with E-state index in [1.807, 2.05) is 29.6 Å². The molecule has 1 aromatic heterocycles. The number of nitrogen functional groups attached to an aromatic ring is 1. The molecule has 0 saturated heterocycles. The lowest BCUT2D eigenvalue weighted by Crippen LogP contribution is -2.07. The first-order chi connectivity index (χ1) is 9.67. The first-order valence-electron chi connectivity index (χ1n) is 5.79. The molecular formula is C15H13NO3S. The highest BCUT2D eigenvalue weighted by atomic mass is 32.1. The van der Waals surface area contributed by atoms with Crippen LogP contribution in [-0.4, -0.2) is 19.7 Å². The Morgan fingerprint density at radius 1 is 1.50 bits per heavy atom. The number of thiophene rings is 1. The van der Waals surface area contributed by atoms with Gasteiger partial charge in [-0.1, -0.05) is 18.1 Å². The number of anilines is 1. The van der Waals surface area contributed by atoms with Gasteiger partial charge < -0.3 is 15.2 Å². The lowest BCUT2D eigenvalue weighted by molar-refractivity contribution is 0.0559. The molecule has 2 N–H and O–H groups in total. The summed E-state index contributed by atoms with van der Waals surface area (Å²) < 4.78 is 10.1. The summed E-state index contributed by atoms with van der Waals surface area (Å²) in [5.74, 6) is 2.45. The van der Waals surface area contributed by atoms with Crippen LogP contribution in [0.2, 0.25) is 0 Å². The lowest BCUT2D eigenvalue weighted by Gasteiger charge is -2.06. The van der Waals surface area contributed by atoms with Crippen LogP contribution in [0.1, 0.15) is 10.4 Å². The first kappa shape index (κ1) is 14.0. The first-order valence-corrected chi connectivity index (χ1v) is 6.67. The minimum atomic E-state index is -0.514. The van der Waals surface area contributed by atoms with Crippen LogP contribution < -0.4 is 10.5 Å². The summed E-state index contributed by atoms with van der Waals surface area (Å²) in [5, 5.41) is 2.22. The molecule has 0 saturated carbocycles. The van der Waals surface area contributed by atoms with E-state index in [0.717, 1.165) is 5.56 Å². The van der Waals surface area contributed by atoms with E-state index in [1.165, 1.54) is 11.3 Å². The van der Waals surface area contributed by atoms with E-state index in [-0.39, 0.29) is 6.61 Å². The average Bonchev–Trinajstić information content (AvgIpc) is 2.86. The predicted octanol–water partition coefficient (Wildman–Crippen LogP) is 2.80. The molecule has 0 aliphatic carbocycles. The van der Waals surface area contributed by atoms with Gasteiger partial charge in [0.2, 0.25) is 0 Å². The minimum absolute atomic E-state index is 0.0777. The van der Waals surface area contributed by atoms with E-state index in [4.69, 9.17) is 21.6 Å². The molecule has 0 spiro atoms. The number of ether oxygens (including phenoxy) is 2. The number of esters is 1. The molecule has 5 heteroatoms. The second-order valence-corrected chi connectivity index (χ2v) is 4.81. The summed E-state index contributed by atoms with van der Waals surface area (Å²) in [6, 6.07) is 7.38. The van der Waals surface area contributed by atoms with Gasteiger partial charge in [-0.3, -0.25) is 0 Å². The van der Waals surface area contributed by atoms with Gasteiger partial charge in [-0.05, 0) is 17.7 Å². The maximum Gasteiger partial charge on any atom is 0.342 e. The number of benzene rings is 1. The van der Waals surface area contributed by atoms with Crippen LogP contribution in [0.5, 0.6) is 5.75 Å². The Morgan fingerprint density at radius 2 is 2.30 bits per heavy atom. The minimum Gasteiger partial charge on any atom is -0.497 e. The number of hydrogen-bond acceptors (Lipinski definition) is 5. The number of carbonyl (C=O) groups is 1. The Bertz CT molecular complexity index is 670. The van der Waals surface area contributed by atoms with E-state index in [1.54, 1.807) is 7.11 Å². The Labute approximate surface area is 121 Å². The molecule has 0 bridgehead atoms. The van der Waals surface area contributed by atoms with Crippen molar-refractivity contribution >= 4 is 22.3 Å². The van der Waals surface area contributed by atoms with Gasteiger partial charge in [0.05, 0.1) is 7.11 Å². The highest BCUT2D eigenvalue weighted by Crippen LogP contribution is 2.35. The molecule has 2 rings (SSSR count). The van der Waals surface area contributed by atoms with Crippen molar-refractivity contribution in [1.82, 2.24) is 0 Å². The molecule has 1 aromatic carbocycles. The number of terminal acetylenes is 1. The standard InChI is InChI=1S/C15H13NO3S/c1-3-7-19-15(17)13-12(9-20-14(13)16)10-5-4-6-11(8-10)18-2/h1,4-6,8-9H,7,16H2,2H3. The van der Waals surface area contributed by atoms with Gasteiger partial charge >= 0.3 is 5.97 Å². The van der Waals surface area contributed by atoms with Crippen LogP contribution >= 0.6 is 11.3 Å². The van der Waals surface area contributed by atoms with E-state index >= 15 is 0 Å². The van der Waals surface area contributed by atoms with Gasteiger partial charge in [-0.15, -0.1) is 17.8 Å². The number of methoxy groups -OCH3 is 1. The number of hydrogen-bond donors (Lipinski definition) is 1. The normalized spacial score (nSPS) is 9.80. The molecular weight excluding hydrogens is 274 g/mol. The third kappa shape index (κ3) is 2.76. The molecule has 20 heavy (non-hydrogen) atoms. The average molecular weight is 287 g/mol. The van der Waals surface area contributed by atoms with Crippen LogP contribution in [0.15, 0.2) is 29.6 Å². The molecule has 0 amide bonds. The quantitative estimate of drug-likeness (QED) is 0.694. The third-order valence-corrected chi connectivity index (χ3v) is 3.50. The van der Waals surface area contributed by atoms with Crippen LogP contribution in [-0.2, 0) is 4.74 Å². The van der Waals surface area contributed by atoms with Crippen molar-refractivity contribution in [2.24, 2.45) is 0 Å². The molecule has 2 aromatic rings. The topological polar surface area (TPSA) is 61.5 Å². The van der Waals surface area contributed by atoms with Crippen molar-refractivity contribution in [2.75, 3.05) is 19.5 Å². The molecule has 0 aliphatic rings. The maximum absolute atomic E-state index is 12.0.